The van der Waals surface area contributed by atoms with E-state index < -0.39 is 5.97 Å². The molecule has 0 aromatic carbocycles. The summed E-state index contributed by atoms with van der Waals surface area (Å²) < 4.78 is 0. The van der Waals surface area contributed by atoms with Crippen molar-refractivity contribution < 1.29 is 14.7 Å². The Bertz CT molecular complexity index is 336. The number of carbonyl (C=O) groups is 2. The summed E-state index contributed by atoms with van der Waals surface area (Å²) in [6, 6.07) is 0.0996. The fourth-order valence-electron chi connectivity index (χ4n) is 2.48. The number of aliphatic carboxylic acids is 1. The number of carbonyl (C=O) groups excluding carboxylic acids is 1. The molecule has 0 spiro atoms. The van der Waals surface area contributed by atoms with Crippen molar-refractivity contribution in [3.05, 3.63) is 11.6 Å². The zero-order valence-corrected chi connectivity index (χ0v) is 11.3. The highest BCUT2D eigenvalue weighted by atomic mass is 16.4. The maximum Gasteiger partial charge on any atom is 0.303 e. The smallest absolute Gasteiger partial charge is 0.303 e. The van der Waals surface area contributed by atoms with Crippen LogP contribution in [0.5, 0.6) is 0 Å². The van der Waals surface area contributed by atoms with E-state index in [-0.39, 0.29) is 18.4 Å². The van der Waals surface area contributed by atoms with Gasteiger partial charge >= 0.3 is 5.97 Å². The third kappa shape index (κ3) is 4.17. The Morgan fingerprint density at radius 3 is 2.72 bits per heavy atom. The minimum absolute atomic E-state index is 0.0759. The van der Waals surface area contributed by atoms with Crippen molar-refractivity contribution in [3.63, 3.8) is 0 Å². The molecule has 1 N–H and O–H groups in total. The van der Waals surface area contributed by atoms with Gasteiger partial charge in [-0.05, 0) is 39.0 Å². The lowest BCUT2D eigenvalue weighted by atomic mass is 9.97. The van der Waals surface area contributed by atoms with E-state index in [1.807, 2.05) is 24.8 Å². The van der Waals surface area contributed by atoms with E-state index >= 15 is 0 Å². The van der Waals surface area contributed by atoms with Gasteiger partial charge in [0.15, 0.2) is 0 Å². The van der Waals surface area contributed by atoms with E-state index in [2.05, 4.69) is 0 Å². The molecule has 1 fully saturated rings. The fraction of sp³-hybridized carbons (Fsp3) is 0.714. The first-order chi connectivity index (χ1) is 8.56. The van der Waals surface area contributed by atoms with Crippen molar-refractivity contribution in [3.8, 4) is 0 Å². The number of rotatable bonds is 5. The quantitative estimate of drug-likeness (QED) is 0.766. The molecule has 4 heteroatoms. The Balaban J connectivity index is 2.66. The van der Waals surface area contributed by atoms with Gasteiger partial charge in [0.2, 0.25) is 5.91 Å². The number of amides is 1. The van der Waals surface area contributed by atoms with E-state index in [0.717, 1.165) is 37.8 Å². The predicted octanol–water partition coefficient (Wildman–Crippen LogP) is 2.59. The molecule has 1 heterocycles. The summed E-state index contributed by atoms with van der Waals surface area (Å²) in [5.74, 6) is -0.708. The van der Waals surface area contributed by atoms with Crippen LogP contribution < -0.4 is 0 Å². The molecule has 4 nitrogen and oxygen atoms in total. The molecule has 1 aliphatic heterocycles. The molecule has 18 heavy (non-hydrogen) atoms. The Kier molecular flexibility index (Phi) is 5.89. The van der Waals surface area contributed by atoms with Crippen molar-refractivity contribution in [2.45, 2.75) is 58.4 Å². The SMILES string of the molecule is CC/C=C(/C)C(=O)N1CCCC[C@@H]1CCC(=O)O. The van der Waals surface area contributed by atoms with E-state index in [1.54, 1.807) is 0 Å². The number of hydrogen-bond acceptors (Lipinski definition) is 2. The zero-order chi connectivity index (χ0) is 13.5. The molecule has 0 aliphatic carbocycles. The van der Waals surface area contributed by atoms with E-state index in [1.165, 1.54) is 0 Å². The molecule has 1 aliphatic rings. The predicted molar refractivity (Wildman–Crippen MR) is 70.3 cm³/mol. The van der Waals surface area contributed by atoms with Gasteiger partial charge in [-0.25, -0.2) is 0 Å². The van der Waals surface area contributed by atoms with Gasteiger partial charge in [-0.1, -0.05) is 13.0 Å². The van der Waals surface area contributed by atoms with Crippen molar-refractivity contribution in [1.29, 1.82) is 0 Å². The molecule has 0 unspecified atom stereocenters. The molecule has 1 saturated heterocycles. The lowest BCUT2D eigenvalue weighted by molar-refractivity contribution is -0.139. The first-order valence-electron chi connectivity index (χ1n) is 6.75. The normalized spacial score (nSPS) is 20.9. The van der Waals surface area contributed by atoms with E-state index in [0.29, 0.717) is 6.42 Å². The number of carboxylic acid groups (broad SMARTS) is 1. The van der Waals surface area contributed by atoms with Crippen LogP contribution in [0.25, 0.3) is 0 Å². The Hall–Kier alpha value is -1.32. The number of carboxylic acids is 1. The van der Waals surface area contributed by atoms with Crippen molar-refractivity contribution in [2.75, 3.05) is 6.54 Å². The summed E-state index contributed by atoms with van der Waals surface area (Å²) in [6.07, 6.45) is 6.54. The van der Waals surface area contributed by atoms with Gasteiger partial charge in [-0.3, -0.25) is 9.59 Å². The Morgan fingerprint density at radius 1 is 1.39 bits per heavy atom. The number of hydrogen-bond donors (Lipinski definition) is 1. The zero-order valence-electron chi connectivity index (χ0n) is 11.3. The Morgan fingerprint density at radius 2 is 2.11 bits per heavy atom. The number of nitrogens with zero attached hydrogens (tertiary/aromatic N) is 1. The first-order valence-corrected chi connectivity index (χ1v) is 6.75. The lowest BCUT2D eigenvalue weighted by Gasteiger charge is -2.36. The van der Waals surface area contributed by atoms with E-state index in [4.69, 9.17) is 5.11 Å². The summed E-state index contributed by atoms with van der Waals surface area (Å²) in [7, 11) is 0. The van der Waals surface area contributed by atoms with Crippen LogP contribution in [-0.4, -0.2) is 34.5 Å². The van der Waals surface area contributed by atoms with Crippen LogP contribution in [0, 0.1) is 0 Å². The van der Waals surface area contributed by atoms with Crippen LogP contribution in [0.15, 0.2) is 11.6 Å². The van der Waals surface area contributed by atoms with Gasteiger partial charge in [0.1, 0.15) is 0 Å². The molecular weight excluding hydrogens is 230 g/mol. The molecule has 1 rings (SSSR count). The monoisotopic (exact) mass is 253 g/mol. The van der Waals surface area contributed by atoms with Crippen LogP contribution >= 0.6 is 0 Å². The molecular formula is C14H23NO3. The van der Waals surface area contributed by atoms with Crippen LogP contribution in [0.3, 0.4) is 0 Å². The van der Waals surface area contributed by atoms with Gasteiger partial charge in [-0.2, -0.15) is 0 Å². The molecule has 0 saturated carbocycles. The fourth-order valence-corrected chi connectivity index (χ4v) is 2.48. The average Bonchev–Trinajstić information content (AvgIpc) is 2.36. The molecule has 1 amide bonds. The van der Waals surface area contributed by atoms with Gasteiger partial charge in [0, 0.05) is 24.6 Å². The van der Waals surface area contributed by atoms with Crippen LogP contribution in [0.2, 0.25) is 0 Å². The van der Waals surface area contributed by atoms with Gasteiger partial charge in [0.25, 0.3) is 0 Å². The second-order valence-electron chi connectivity index (χ2n) is 4.88. The highest BCUT2D eigenvalue weighted by Crippen LogP contribution is 2.22. The maximum atomic E-state index is 12.3. The second-order valence-corrected chi connectivity index (χ2v) is 4.88. The summed E-state index contributed by atoms with van der Waals surface area (Å²) in [5.41, 5.74) is 0.778. The largest absolute Gasteiger partial charge is 0.481 e. The topological polar surface area (TPSA) is 57.6 Å². The van der Waals surface area contributed by atoms with Crippen LogP contribution in [0.1, 0.15) is 52.4 Å². The minimum atomic E-state index is -0.784. The highest BCUT2D eigenvalue weighted by Gasteiger charge is 2.27. The van der Waals surface area contributed by atoms with Crippen LogP contribution in [0.4, 0.5) is 0 Å². The number of likely N-dealkylation sites (tertiary alicyclic amines) is 1. The summed E-state index contributed by atoms with van der Waals surface area (Å²) >= 11 is 0. The van der Waals surface area contributed by atoms with E-state index in [9.17, 15) is 9.59 Å². The van der Waals surface area contributed by atoms with Crippen molar-refractivity contribution in [2.24, 2.45) is 0 Å². The lowest BCUT2D eigenvalue weighted by Crippen LogP contribution is -2.44. The molecule has 0 aromatic heterocycles. The summed E-state index contributed by atoms with van der Waals surface area (Å²) in [5, 5.41) is 8.75. The highest BCUT2D eigenvalue weighted by molar-refractivity contribution is 5.93. The standard InChI is InChI=1S/C14H23NO3/c1-3-6-11(2)14(18)15-10-5-4-7-12(15)8-9-13(16)17/h6,12H,3-5,7-10H2,1-2H3,(H,16,17)/b11-6-/t12-/m1/s1. The Labute approximate surface area is 109 Å². The van der Waals surface area contributed by atoms with Gasteiger partial charge in [0.05, 0.1) is 0 Å². The average molecular weight is 253 g/mol. The van der Waals surface area contributed by atoms with Crippen molar-refractivity contribution >= 4 is 11.9 Å². The third-order valence-electron chi connectivity index (χ3n) is 3.43. The molecule has 102 valence electrons. The first kappa shape index (κ1) is 14.7. The molecule has 0 aromatic rings. The van der Waals surface area contributed by atoms with Crippen molar-refractivity contribution in [1.82, 2.24) is 4.90 Å². The van der Waals surface area contributed by atoms with Gasteiger partial charge < -0.3 is 10.0 Å². The summed E-state index contributed by atoms with van der Waals surface area (Å²) in [6.45, 7) is 4.61. The summed E-state index contributed by atoms with van der Waals surface area (Å²) in [4.78, 5) is 24.8. The molecule has 0 bridgehead atoms. The number of piperidine rings is 1. The third-order valence-corrected chi connectivity index (χ3v) is 3.43. The molecule has 1 atom stereocenters. The molecule has 0 radical (unpaired) electrons. The second kappa shape index (κ2) is 7.19. The minimum Gasteiger partial charge on any atom is -0.481 e. The number of allylic oxidation sites excluding steroid dienone is 1. The van der Waals surface area contributed by atoms with Crippen LogP contribution in [-0.2, 0) is 9.59 Å². The maximum absolute atomic E-state index is 12.3. The van der Waals surface area contributed by atoms with Gasteiger partial charge in [-0.15, -0.1) is 0 Å².